The Morgan fingerprint density at radius 3 is 2.00 bits per heavy atom. The van der Waals surface area contributed by atoms with Crippen LogP contribution in [0.1, 0.15) is 0 Å². The van der Waals surface area contributed by atoms with Crippen LogP contribution >= 0.6 is 11.8 Å². The summed E-state index contributed by atoms with van der Waals surface area (Å²) in [5, 5.41) is 1.93. The van der Waals surface area contributed by atoms with Gasteiger partial charge in [0, 0.05) is 5.41 Å². The molecule has 10 heavy (non-hydrogen) atoms. The molecule has 0 unspecified atom stereocenters. The van der Waals surface area contributed by atoms with Crippen molar-refractivity contribution in [1.82, 2.24) is 0 Å². The number of hydrogen-bond donors (Lipinski definition) is 0. The van der Waals surface area contributed by atoms with Gasteiger partial charge >= 0.3 is 0 Å². The lowest BCUT2D eigenvalue weighted by Gasteiger charge is -1.82. The van der Waals surface area contributed by atoms with E-state index in [0.29, 0.717) is 6.79 Å². The van der Waals surface area contributed by atoms with Crippen molar-refractivity contribution in [1.29, 1.82) is 0 Å². The maximum absolute atomic E-state index is 4.73. The minimum Gasteiger partial charge on any atom is -0.490 e. The molecule has 0 aliphatic carbocycles. The van der Waals surface area contributed by atoms with E-state index in [-0.39, 0.29) is 0 Å². The van der Waals surface area contributed by atoms with E-state index < -0.39 is 0 Å². The van der Waals surface area contributed by atoms with Crippen molar-refractivity contribution in [2.24, 2.45) is 0 Å². The molecule has 56 valence electrons. The zero-order chi connectivity index (χ0) is 7.07. The molecule has 0 aromatic heterocycles. The Labute approximate surface area is 63.6 Å². The molecule has 0 radical (unpaired) electrons. The van der Waals surface area contributed by atoms with Gasteiger partial charge in [0.15, 0.2) is 0 Å². The Kier molecular flexibility index (Phi) is 3.71. The van der Waals surface area contributed by atoms with Crippen LogP contribution in [0.3, 0.4) is 0 Å². The molecule has 0 saturated carbocycles. The average molecular weight is 160 g/mol. The van der Waals surface area contributed by atoms with Crippen molar-refractivity contribution >= 4 is 11.8 Å². The molecule has 2 aliphatic rings. The van der Waals surface area contributed by atoms with Crippen LogP contribution < -0.4 is 0 Å². The number of rotatable bonds is 0. The lowest BCUT2D eigenvalue weighted by molar-refractivity contribution is 0.0920. The summed E-state index contributed by atoms with van der Waals surface area (Å²) in [6.45, 7) is 0.389. The zero-order valence-corrected chi connectivity index (χ0v) is 6.17. The first-order valence-corrected chi connectivity index (χ1v) is 3.81. The fraction of sp³-hybridized carbons (Fsp3) is 0.333. The topological polar surface area (TPSA) is 27.7 Å². The lowest BCUT2D eigenvalue weighted by atomic mass is 11.1. The summed E-state index contributed by atoms with van der Waals surface area (Å²) >= 11 is 1.67. The fourth-order valence-electron chi connectivity index (χ4n) is 0.393. The van der Waals surface area contributed by atoms with Crippen LogP contribution in [0.25, 0.3) is 0 Å². The molecule has 0 aromatic carbocycles. The van der Waals surface area contributed by atoms with Gasteiger partial charge in [-0.25, -0.2) is 0 Å². The molecule has 2 aliphatic heterocycles. The van der Waals surface area contributed by atoms with Gasteiger partial charge in [0.05, 0.1) is 6.26 Å². The van der Waals surface area contributed by atoms with Crippen LogP contribution in [-0.2, 0) is 14.2 Å². The van der Waals surface area contributed by atoms with E-state index in [2.05, 4.69) is 9.47 Å². The third-order valence-corrected chi connectivity index (χ3v) is 1.34. The smallest absolute Gasteiger partial charge is 0.229 e. The van der Waals surface area contributed by atoms with Gasteiger partial charge in [0.25, 0.3) is 0 Å². The Bertz CT molecular complexity index is 105. The second-order valence-electron chi connectivity index (χ2n) is 1.45. The molecular formula is C6H8O3S. The van der Waals surface area contributed by atoms with Crippen LogP contribution in [0.5, 0.6) is 0 Å². The highest BCUT2D eigenvalue weighted by Gasteiger charge is 1.84. The molecule has 3 nitrogen and oxygen atoms in total. The molecule has 0 amide bonds. The summed E-state index contributed by atoms with van der Waals surface area (Å²) in [4.78, 5) is 0. The Hall–Kier alpha value is -0.770. The SMILES string of the molecule is C1=COCO1.C1=CSCO1. The first-order chi connectivity index (χ1) is 5.00. The molecular weight excluding hydrogens is 152 g/mol. The largest absolute Gasteiger partial charge is 0.490 e. The quantitative estimate of drug-likeness (QED) is 0.538. The minimum atomic E-state index is 0.389. The predicted octanol–water partition coefficient (Wildman–Crippen LogP) is 1.64. The van der Waals surface area contributed by atoms with Crippen LogP contribution in [-0.4, -0.2) is 12.7 Å². The molecule has 0 N–H and O–H groups in total. The Morgan fingerprint density at radius 2 is 1.80 bits per heavy atom. The molecule has 0 atom stereocenters. The van der Waals surface area contributed by atoms with E-state index in [9.17, 15) is 0 Å². The highest BCUT2D eigenvalue weighted by atomic mass is 32.2. The van der Waals surface area contributed by atoms with Crippen molar-refractivity contribution in [3.05, 3.63) is 24.2 Å². The molecule has 2 rings (SSSR count). The normalized spacial score (nSPS) is 18.4. The summed E-state index contributed by atoms with van der Waals surface area (Å²) in [5.41, 5.74) is 0. The van der Waals surface area contributed by atoms with Crippen LogP contribution in [0.2, 0.25) is 0 Å². The summed E-state index contributed by atoms with van der Waals surface area (Å²) in [6, 6.07) is 0. The van der Waals surface area contributed by atoms with Crippen LogP contribution in [0.4, 0.5) is 0 Å². The number of hydrogen-bond acceptors (Lipinski definition) is 4. The monoisotopic (exact) mass is 160 g/mol. The Morgan fingerprint density at radius 1 is 1.00 bits per heavy atom. The highest BCUT2D eigenvalue weighted by molar-refractivity contribution is 8.02. The molecule has 0 aromatic rings. The predicted molar refractivity (Wildman–Crippen MR) is 38.9 cm³/mol. The minimum absolute atomic E-state index is 0.389. The van der Waals surface area contributed by atoms with E-state index in [4.69, 9.17) is 4.74 Å². The van der Waals surface area contributed by atoms with Crippen molar-refractivity contribution in [2.75, 3.05) is 12.7 Å². The van der Waals surface area contributed by atoms with Crippen molar-refractivity contribution in [3.8, 4) is 0 Å². The first-order valence-electron chi connectivity index (χ1n) is 2.76. The maximum Gasteiger partial charge on any atom is 0.229 e. The molecule has 0 bridgehead atoms. The number of ether oxygens (including phenoxy) is 3. The van der Waals surface area contributed by atoms with E-state index in [1.54, 1.807) is 18.0 Å². The average Bonchev–Trinajstić information content (AvgIpc) is 2.67. The summed E-state index contributed by atoms with van der Waals surface area (Å²) < 4.78 is 13.8. The molecule has 0 saturated heterocycles. The van der Waals surface area contributed by atoms with E-state index >= 15 is 0 Å². The lowest BCUT2D eigenvalue weighted by Crippen LogP contribution is -1.75. The number of thioether (sulfide) groups is 1. The summed E-state index contributed by atoms with van der Waals surface area (Å²) in [7, 11) is 0. The fourth-order valence-corrected chi connectivity index (χ4v) is 0.786. The van der Waals surface area contributed by atoms with Crippen LogP contribution in [0, 0.1) is 0 Å². The molecule has 2 heterocycles. The Balaban J connectivity index is 0.0000001000. The van der Waals surface area contributed by atoms with E-state index in [0.717, 1.165) is 5.94 Å². The summed E-state index contributed by atoms with van der Waals surface area (Å²) in [5.74, 6) is 0.806. The molecule has 4 heteroatoms. The molecule has 0 fully saturated rings. The standard InChI is InChI=1S/C3H4O2.C3H4OS/c2*1-2-5-3-4-1/h2*1-2H,3H2. The van der Waals surface area contributed by atoms with Crippen molar-refractivity contribution < 1.29 is 14.2 Å². The third-order valence-electron chi connectivity index (χ3n) is 0.768. The van der Waals surface area contributed by atoms with Crippen molar-refractivity contribution in [3.63, 3.8) is 0 Å². The van der Waals surface area contributed by atoms with Gasteiger partial charge in [-0.2, -0.15) is 0 Å². The zero-order valence-electron chi connectivity index (χ0n) is 5.36. The second-order valence-corrected chi connectivity index (χ2v) is 2.29. The molecule has 0 spiro atoms. The van der Waals surface area contributed by atoms with Gasteiger partial charge in [0.1, 0.15) is 18.5 Å². The summed E-state index contributed by atoms with van der Waals surface area (Å²) in [6.07, 6.45) is 4.73. The van der Waals surface area contributed by atoms with Gasteiger partial charge in [-0.1, -0.05) is 11.8 Å². The second kappa shape index (κ2) is 5.05. The first kappa shape index (κ1) is 7.34. The highest BCUT2D eigenvalue weighted by Crippen LogP contribution is 2.08. The van der Waals surface area contributed by atoms with E-state index in [1.165, 1.54) is 12.5 Å². The van der Waals surface area contributed by atoms with Crippen molar-refractivity contribution in [2.45, 2.75) is 0 Å². The van der Waals surface area contributed by atoms with Gasteiger partial charge in [-0.15, -0.1) is 0 Å². The third kappa shape index (κ3) is 3.29. The van der Waals surface area contributed by atoms with Gasteiger partial charge in [-0.3, -0.25) is 0 Å². The van der Waals surface area contributed by atoms with Gasteiger partial charge < -0.3 is 14.2 Å². The van der Waals surface area contributed by atoms with E-state index in [1.807, 2.05) is 5.41 Å². The van der Waals surface area contributed by atoms with Gasteiger partial charge in [-0.05, 0) is 0 Å². The van der Waals surface area contributed by atoms with Crippen LogP contribution in [0.15, 0.2) is 24.2 Å². The van der Waals surface area contributed by atoms with Gasteiger partial charge in [0.2, 0.25) is 6.79 Å². The maximum atomic E-state index is 4.73.